The average Bonchev–Trinajstić information content (AvgIpc) is 3.00. The molecule has 132 valence electrons. The number of aromatic nitrogens is 2. The zero-order valence-electron chi connectivity index (χ0n) is 14.6. The van der Waals surface area contributed by atoms with Crippen molar-refractivity contribution < 1.29 is 9.13 Å². The Hall–Kier alpha value is -2.21. The van der Waals surface area contributed by atoms with Gasteiger partial charge < -0.3 is 10.1 Å². The molecule has 1 N–H and O–H groups in total. The zero-order chi connectivity index (χ0) is 17.8. The van der Waals surface area contributed by atoms with Gasteiger partial charge >= 0.3 is 0 Å². The molecule has 0 bridgehead atoms. The number of hydrogen-bond acceptors (Lipinski definition) is 5. The Kier molecular flexibility index (Phi) is 5.48. The van der Waals surface area contributed by atoms with Gasteiger partial charge in [-0.25, -0.2) is 4.98 Å². The normalized spacial score (nSPS) is 18.9. The third-order valence-electron chi connectivity index (χ3n) is 4.01. The van der Waals surface area contributed by atoms with E-state index in [0.717, 1.165) is 29.1 Å². The highest BCUT2D eigenvalue weighted by molar-refractivity contribution is 7.22. The van der Waals surface area contributed by atoms with Crippen molar-refractivity contribution in [2.24, 2.45) is 0 Å². The van der Waals surface area contributed by atoms with E-state index in [2.05, 4.69) is 21.4 Å². The Balaban J connectivity index is 0.000000880. The molecule has 4 nitrogen and oxygen atoms in total. The van der Waals surface area contributed by atoms with Crippen LogP contribution >= 0.6 is 11.3 Å². The Labute approximate surface area is 151 Å². The number of anilines is 1. The van der Waals surface area contributed by atoms with Crippen LogP contribution in [0, 0.1) is 12.9 Å². The van der Waals surface area contributed by atoms with Gasteiger partial charge in [0.25, 0.3) is 0 Å². The summed E-state index contributed by atoms with van der Waals surface area (Å²) in [4.78, 5) is 8.39. The van der Waals surface area contributed by atoms with Gasteiger partial charge in [-0.3, -0.25) is 0 Å². The minimum atomic E-state index is -0.505. The lowest BCUT2D eigenvalue weighted by atomic mass is 9.89. The molecule has 1 aromatic carbocycles. The maximum absolute atomic E-state index is 13.2. The predicted molar refractivity (Wildman–Crippen MR) is 101 cm³/mol. The molecule has 0 atom stereocenters. The summed E-state index contributed by atoms with van der Waals surface area (Å²) in [7, 11) is 0. The maximum Gasteiger partial charge on any atom is 0.219 e. The highest BCUT2D eigenvalue weighted by Gasteiger charge is 2.32. The van der Waals surface area contributed by atoms with Crippen molar-refractivity contribution in [3.8, 4) is 5.88 Å². The van der Waals surface area contributed by atoms with Gasteiger partial charge in [-0.05, 0) is 31.2 Å². The lowest BCUT2D eigenvalue weighted by molar-refractivity contribution is 0.101. The monoisotopic (exact) mass is 359 g/mol. The predicted octanol–water partition coefficient (Wildman–Crippen LogP) is 5.19. The molecule has 1 fully saturated rings. The maximum atomic E-state index is 13.2. The first-order chi connectivity index (χ1) is 12.2. The number of benzene rings is 1. The van der Waals surface area contributed by atoms with Crippen molar-refractivity contribution in [1.82, 2.24) is 9.97 Å². The number of halogens is 1. The third-order valence-corrected chi connectivity index (χ3v) is 4.98. The van der Waals surface area contributed by atoms with Crippen molar-refractivity contribution in [1.29, 1.82) is 0 Å². The minimum Gasteiger partial charge on any atom is -0.474 e. The molecular formula is C19H22FN3OS. The molecule has 0 radical (unpaired) electrons. The lowest BCUT2D eigenvalue weighted by Crippen LogP contribution is -2.42. The number of pyridine rings is 1. The number of aryl methyl sites for hydroxylation is 1. The number of nitrogens with zero attached hydrogens (tertiary/aromatic N) is 2. The molecule has 0 saturated heterocycles. The lowest BCUT2D eigenvalue weighted by Gasteiger charge is -2.35. The fourth-order valence-electron chi connectivity index (χ4n) is 2.65. The topological polar surface area (TPSA) is 47.0 Å². The van der Waals surface area contributed by atoms with Crippen molar-refractivity contribution in [2.75, 3.05) is 5.32 Å². The van der Waals surface area contributed by atoms with Crippen molar-refractivity contribution >= 4 is 26.7 Å². The summed E-state index contributed by atoms with van der Waals surface area (Å²) in [5, 5.41) is 4.38. The Morgan fingerprint density at radius 3 is 2.64 bits per heavy atom. The van der Waals surface area contributed by atoms with Crippen LogP contribution in [0.4, 0.5) is 9.52 Å². The van der Waals surface area contributed by atoms with E-state index < -0.39 is 5.95 Å². The number of para-hydroxylation sites is 1. The van der Waals surface area contributed by atoms with Crippen molar-refractivity contribution in [3.63, 3.8) is 0 Å². The van der Waals surface area contributed by atoms with Gasteiger partial charge in [0.15, 0.2) is 5.13 Å². The SMILES string of the molecule is CC.Cc1ccc(F)nc1OC1CC(Nc2nc3ccccc3s2)C1. The molecule has 1 aliphatic carbocycles. The first-order valence-electron chi connectivity index (χ1n) is 8.59. The van der Waals surface area contributed by atoms with Crippen LogP contribution in [0.5, 0.6) is 5.88 Å². The zero-order valence-corrected chi connectivity index (χ0v) is 15.4. The van der Waals surface area contributed by atoms with E-state index in [-0.39, 0.29) is 6.10 Å². The van der Waals surface area contributed by atoms with Crippen LogP contribution in [-0.4, -0.2) is 22.1 Å². The fourth-order valence-corrected chi connectivity index (χ4v) is 3.60. The second-order valence-electron chi connectivity index (χ2n) is 5.80. The van der Waals surface area contributed by atoms with E-state index >= 15 is 0 Å². The Bertz CT molecular complexity index is 813. The minimum absolute atomic E-state index is 0.0786. The molecule has 25 heavy (non-hydrogen) atoms. The number of fused-ring (bicyclic) bond motifs is 1. The Morgan fingerprint density at radius 1 is 1.12 bits per heavy atom. The highest BCUT2D eigenvalue weighted by Crippen LogP contribution is 2.32. The molecule has 0 spiro atoms. The molecular weight excluding hydrogens is 337 g/mol. The largest absolute Gasteiger partial charge is 0.474 e. The Morgan fingerprint density at radius 2 is 1.88 bits per heavy atom. The molecule has 0 unspecified atom stereocenters. The van der Waals surface area contributed by atoms with E-state index in [0.29, 0.717) is 11.9 Å². The van der Waals surface area contributed by atoms with Gasteiger partial charge in [0.2, 0.25) is 11.8 Å². The van der Waals surface area contributed by atoms with E-state index in [1.54, 1.807) is 17.4 Å². The molecule has 2 heterocycles. The van der Waals surface area contributed by atoms with E-state index in [4.69, 9.17) is 4.74 Å². The molecule has 3 aromatic rings. The van der Waals surface area contributed by atoms with Crippen LogP contribution in [0.15, 0.2) is 36.4 Å². The summed E-state index contributed by atoms with van der Waals surface area (Å²) in [6, 6.07) is 11.5. The summed E-state index contributed by atoms with van der Waals surface area (Å²) < 4.78 is 20.1. The summed E-state index contributed by atoms with van der Waals surface area (Å²) >= 11 is 1.66. The van der Waals surface area contributed by atoms with Gasteiger partial charge in [-0.1, -0.05) is 37.3 Å². The van der Waals surface area contributed by atoms with Crippen LogP contribution in [0.25, 0.3) is 10.2 Å². The fraction of sp³-hybridized carbons (Fsp3) is 0.368. The molecule has 0 amide bonds. The number of rotatable bonds is 4. The first-order valence-corrected chi connectivity index (χ1v) is 9.41. The second-order valence-corrected chi connectivity index (χ2v) is 6.83. The summed E-state index contributed by atoms with van der Waals surface area (Å²) in [5.41, 5.74) is 1.88. The molecule has 1 aliphatic rings. The van der Waals surface area contributed by atoms with Gasteiger partial charge in [0.05, 0.1) is 10.2 Å². The van der Waals surface area contributed by atoms with Gasteiger partial charge in [0.1, 0.15) is 6.10 Å². The smallest absolute Gasteiger partial charge is 0.219 e. The van der Waals surface area contributed by atoms with E-state index in [9.17, 15) is 4.39 Å². The van der Waals surface area contributed by atoms with E-state index in [1.807, 2.05) is 39.0 Å². The van der Waals surface area contributed by atoms with Gasteiger partial charge in [0, 0.05) is 24.4 Å². The molecule has 0 aliphatic heterocycles. The van der Waals surface area contributed by atoms with Crippen LogP contribution < -0.4 is 10.1 Å². The summed E-state index contributed by atoms with van der Waals surface area (Å²) in [6.45, 7) is 5.87. The highest BCUT2D eigenvalue weighted by atomic mass is 32.1. The van der Waals surface area contributed by atoms with Crippen molar-refractivity contribution in [3.05, 3.63) is 47.9 Å². The first kappa shape index (κ1) is 17.6. The summed E-state index contributed by atoms with van der Waals surface area (Å²) in [5.74, 6) is -0.109. The van der Waals surface area contributed by atoms with Gasteiger partial charge in [-0.15, -0.1) is 0 Å². The van der Waals surface area contributed by atoms with Crippen LogP contribution in [0.2, 0.25) is 0 Å². The summed E-state index contributed by atoms with van der Waals surface area (Å²) in [6.07, 6.45) is 1.82. The number of thiazole rings is 1. The average molecular weight is 359 g/mol. The van der Waals surface area contributed by atoms with E-state index in [1.165, 1.54) is 10.8 Å². The standard InChI is InChI=1S/C17H16FN3OS.C2H6/c1-10-6-7-15(18)21-16(10)22-12-8-11(9-12)19-17-20-13-4-2-3-5-14(13)23-17;1-2/h2-7,11-12H,8-9H2,1H3,(H,19,20);1-2H3. The third kappa shape index (κ3) is 4.07. The molecule has 6 heteroatoms. The number of nitrogens with one attached hydrogen (secondary N) is 1. The second kappa shape index (κ2) is 7.78. The van der Waals surface area contributed by atoms with Crippen molar-refractivity contribution in [2.45, 2.75) is 45.8 Å². The van der Waals surface area contributed by atoms with Crippen LogP contribution in [0.1, 0.15) is 32.3 Å². The van der Waals surface area contributed by atoms with Crippen LogP contribution in [-0.2, 0) is 0 Å². The quantitative estimate of drug-likeness (QED) is 0.652. The number of ether oxygens (including phenoxy) is 1. The van der Waals surface area contributed by atoms with Gasteiger partial charge in [-0.2, -0.15) is 9.37 Å². The molecule has 1 saturated carbocycles. The number of hydrogen-bond donors (Lipinski definition) is 1. The molecule has 4 rings (SSSR count). The van der Waals surface area contributed by atoms with Crippen LogP contribution in [0.3, 0.4) is 0 Å². The molecule has 2 aromatic heterocycles.